The quantitative estimate of drug-likeness (QED) is 0.584. The molecule has 0 aliphatic carbocycles. The van der Waals surface area contributed by atoms with Gasteiger partial charge >= 0.3 is 5.97 Å². The van der Waals surface area contributed by atoms with E-state index >= 15 is 0 Å². The molecule has 0 amide bonds. The molecule has 0 saturated carbocycles. The molecule has 0 fully saturated rings. The van der Waals surface area contributed by atoms with Crippen molar-refractivity contribution < 1.29 is 14.6 Å². The number of aliphatic hydroxyl groups is 1. The van der Waals surface area contributed by atoms with Crippen LogP contribution in [0.15, 0.2) is 11.3 Å². The molecule has 0 aromatic heterocycles. The monoisotopic (exact) mass is 156 g/mol. The van der Waals surface area contributed by atoms with Crippen LogP contribution in [0.2, 0.25) is 0 Å². The number of rotatable bonds is 1. The fourth-order valence-electron chi connectivity index (χ4n) is 1.03. The minimum atomic E-state index is -0.428. The minimum Gasteiger partial charge on any atom is -0.508 e. The summed E-state index contributed by atoms with van der Waals surface area (Å²) in [5.41, 5.74) is 0.337. The fraction of sp³-hybridized carbons (Fsp3) is 0.625. The number of carbonyl (C=O) groups is 1. The van der Waals surface area contributed by atoms with Gasteiger partial charge < -0.3 is 9.84 Å². The summed E-state index contributed by atoms with van der Waals surface area (Å²) in [6.45, 7) is 5.36. The smallest absolute Gasteiger partial charge is 0.338 e. The standard InChI is InChI=1S/C8H12O3/c1-4(2)7-6(9)5(3)8(10)11-7/h4,7,9H,1-3H3/t7-/m0/s1. The molecule has 1 aliphatic heterocycles. The van der Waals surface area contributed by atoms with Gasteiger partial charge in [0, 0.05) is 0 Å². The average Bonchev–Trinajstić information content (AvgIpc) is 2.17. The number of esters is 1. The Hall–Kier alpha value is -0.990. The first-order chi connectivity index (χ1) is 5.04. The van der Waals surface area contributed by atoms with Crippen molar-refractivity contribution in [2.75, 3.05) is 0 Å². The third-order valence-corrected chi connectivity index (χ3v) is 1.80. The van der Waals surface area contributed by atoms with Crippen molar-refractivity contribution in [2.45, 2.75) is 26.9 Å². The lowest BCUT2D eigenvalue weighted by Gasteiger charge is -2.13. The Kier molecular flexibility index (Phi) is 1.89. The fourth-order valence-corrected chi connectivity index (χ4v) is 1.03. The van der Waals surface area contributed by atoms with Gasteiger partial charge in [-0.05, 0) is 12.8 Å². The molecular formula is C8H12O3. The van der Waals surface area contributed by atoms with Crippen molar-refractivity contribution in [3.63, 3.8) is 0 Å². The zero-order valence-electron chi connectivity index (χ0n) is 6.92. The third-order valence-electron chi connectivity index (χ3n) is 1.80. The normalized spacial score (nSPS) is 24.7. The van der Waals surface area contributed by atoms with Crippen LogP contribution in [0, 0.1) is 5.92 Å². The van der Waals surface area contributed by atoms with Crippen molar-refractivity contribution in [3.8, 4) is 0 Å². The van der Waals surface area contributed by atoms with Gasteiger partial charge in [-0.25, -0.2) is 4.79 Å². The SMILES string of the molecule is CC1=C(O)[C@H](C(C)C)OC1=O. The summed E-state index contributed by atoms with van der Waals surface area (Å²) >= 11 is 0. The highest BCUT2D eigenvalue weighted by Crippen LogP contribution is 2.25. The van der Waals surface area contributed by atoms with Gasteiger partial charge in [-0.15, -0.1) is 0 Å². The van der Waals surface area contributed by atoms with Crippen molar-refractivity contribution in [1.29, 1.82) is 0 Å². The molecule has 0 saturated heterocycles. The molecule has 1 rings (SSSR count). The summed E-state index contributed by atoms with van der Waals surface area (Å²) in [6.07, 6.45) is -0.428. The Labute approximate surface area is 65.7 Å². The molecule has 0 spiro atoms. The van der Waals surface area contributed by atoms with Crippen LogP contribution < -0.4 is 0 Å². The summed E-state index contributed by atoms with van der Waals surface area (Å²) in [4.78, 5) is 10.9. The topological polar surface area (TPSA) is 46.5 Å². The lowest BCUT2D eigenvalue weighted by molar-refractivity contribution is -0.141. The number of carbonyl (C=O) groups excluding carboxylic acids is 1. The predicted molar refractivity (Wildman–Crippen MR) is 40.0 cm³/mol. The highest BCUT2D eigenvalue weighted by atomic mass is 16.6. The first-order valence-corrected chi connectivity index (χ1v) is 3.64. The van der Waals surface area contributed by atoms with Gasteiger partial charge in [-0.2, -0.15) is 0 Å². The number of cyclic esters (lactones) is 1. The molecule has 0 aromatic carbocycles. The van der Waals surface area contributed by atoms with Gasteiger partial charge in [0.1, 0.15) is 5.76 Å². The van der Waals surface area contributed by atoms with Gasteiger partial charge in [-0.3, -0.25) is 0 Å². The lowest BCUT2D eigenvalue weighted by atomic mass is 10.1. The van der Waals surface area contributed by atoms with Gasteiger partial charge in [0.15, 0.2) is 6.10 Å². The average molecular weight is 156 g/mol. The summed E-state index contributed by atoms with van der Waals surface area (Å²) in [5, 5.41) is 9.33. The molecule has 3 nitrogen and oxygen atoms in total. The molecule has 11 heavy (non-hydrogen) atoms. The van der Waals surface area contributed by atoms with E-state index < -0.39 is 12.1 Å². The van der Waals surface area contributed by atoms with E-state index in [0.717, 1.165) is 0 Å². The van der Waals surface area contributed by atoms with Crippen LogP contribution in [0.5, 0.6) is 0 Å². The maximum atomic E-state index is 10.9. The van der Waals surface area contributed by atoms with Gasteiger partial charge in [-0.1, -0.05) is 13.8 Å². The number of aliphatic hydroxyl groups excluding tert-OH is 1. The second-order valence-corrected chi connectivity index (χ2v) is 3.08. The molecule has 1 atom stereocenters. The van der Waals surface area contributed by atoms with Crippen LogP contribution in [0.1, 0.15) is 20.8 Å². The second kappa shape index (κ2) is 2.57. The van der Waals surface area contributed by atoms with Crippen LogP contribution in [0.3, 0.4) is 0 Å². The van der Waals surface area contributed by atoms with Crippen LogP contribution in [-0.2, 0) is 9.53 Å². The highest BCUT2D eigenvalue weighted by Gasteiger charge is 2.33. The molecule has 0 bridgehead atoms. The second-order valence-electron chi connectivity index (χ2n) is 3.08. The van der Waals surface area contributed by atoms with Gasteiger partial charge in [0.2, 0.25) is 0 Å². The van der Waals surface area contributed by atoms with Crippen LogP contribution in [-0.4, -0.2) is 17.2 Å². The van der Waals surface area contributed by atoms with Crippen molar-refractivity contribution in [3.05, 3.63) is 11.3 Å². The number of hydrogen-bond donors (Lipinski definition) is 1. The van der Waals surface area contributed by atoms with E-state index in [2.05, 4.69) is 0 Å². The molecule has 0 aromatic rings. The first kappa shape index (κ1) is 8.11. The molecule has 0 unspecified atom stereocenters. The zero-order chi connectivity index (χ0) is 8.59. The number of ether oxygens (including phenoxy) is 1. The van der Waals surface area contributed by atoms with E-state index in [4.69, 9.17) is 4.74 Å². The lowest BCUT2D eigenvalue weighted by Crippen LogP contribution is -2.18. The van der Waals surface area contributed by atoms with Crippen LogP contribution >= 0.6 is 0 Å². The van der Waals surface area contributed by atoms with Crippen LogP contribution in [0.4, 0.5) is 0 Å². The van der Waals surface area contributed by atoms with Crippen molar-refractivity contribution in [1.82, 2.24) is 0 Å². The molecule has 1 aliphatic rings. The summed E-state index contributed by atoms with van der Waals surface area (Å²) < 4.78 is 4.88. The Bertz CT molecular complexity index is 215. The van der Waals surface area contributed by atoms with E-state index in [1.807, 2.05) is 13.8 Å². The Morgan fingerprint density at radius 2 is 2.09 bits per heavy atom. The van der Waals surface area contributed by atoms with E-state index in [9.17, 15) is 9.90 Å². The zero-order valence-corrected chi connectivity index (χ0v) is 6.92. The molecule has 1 heterocycles. The molecular weight excluding hydrogens is 144 g/mol. The van der Waals surface area contributed by atoms with E-state index in [1.54, 1.807) is 6.92 Å². The number of hydrogen-bond acceptors (Lipinski definition) is 3. The molecule has 62 valence electrons. The maximum Gasteiger partial charge on any atom is 0.338 e. The summed E-state index contributed by atoms with van der Waals surface area (Å²) in [5.74, 6) is -0.178. The minimum absolute atomic E-state index is 0.0880. The Morgan fingerprint density at radius 3 is 2.27 bits per heavy atom. The molecule has 1 N–H and O–H groups in total. The third kappa shape index (κ3) is 1.23. The first-order valence-electron chi connectivity index (χ1n) is 3.64. The van der Waals surface area contributed by atoms with Gasteiger partial charge in [0.05, 0.1) is 5.57 Å². The van der Waals surface area contributed by atoms with E-state index in [-0.39, 0.29) is 11.7 Å². The predicted octanol–water partition coefficient (Wildman–Crippen LogP) is 1.40. The van der Waals surface area contributed by atoms with Gasteiger partial charge in [0.25, 0.3) is 0 Å². The van der Waals surface area contributed by atoms with Crippen LogP contribution in [0.25, 0.3) is 0 Å². The van der Waals surface area contributed by atoms with E-state index in [0.29, 0.717) is 5.57 Å². The highest BCUT2D eigenvalue weighted by molar-refractivity contribution is 5.91. The van der Waals surface area contributed by atoms with Crippen molar-refractivity contribution >= 4 is 5.97 Å². The largest absolute Gasteiger partial charge is 0.508 e. The Morgan fingerprint density at radius 1 is 1.55 bits per heavy atom. The summed E-state index contributed by atoms with van der Waals surface area (Å²) in [6, 6.07) is 0. The van der Waals surface area contributed by atoms with E-state index in [1.165, 1.54) is 0 Å². The van der Waals surface area contributed by atoms with Crippen molar-refractivity contribution in [2.24, 2.45) is 5.92 Å². The summed E-state index contributed by atoms with van der Waals surface area (Å²) in [7, 11) is 0. The molecule has 0 radical (unpaired) electrons. The Balaban J connectivity index is 2.86. The molecule has 3 heteroatoms. The maximum absolute atomic E-state index is 10.9.